The molecule has 0 saturated heterocycles. The summed E-state index contributed by atoms with van der Waals surface area (Å²) < 4.78 is 7.39. The highest BCUT2D eigenvalue weighted by Gasteiger charge is 2.10. The van der Waals surface area contributed by atoms with Crippen LogP contribution in [0.4, 0.5) is 0 Å². The van der Waals surface area contributed by atoms with Crippen molar-refractivity contribution in [3.05, 3.63) is 41.7 Å². The maximum Gasteiger partial charge on any atom is 0.305 e. The van der Waals surface area contributed by atoms with E-state index in [2.05, 4.69) is 4.99 Å². The largest absolute Gasteiger partial charge is 0.423 e. The van der Waals surface area contributed by atoms with E-state index in [4.69, 9.17) is 4.42 Å². The van der Waals surface area contributed by atoms with Gasteiger partial charge < -0.3 is 4.42 Å². The Balaban J connectivity index is 2.63. The third-order valence-electron chi connectivity index (χ3n) is 2.60. The van der Waals surface area contributed by atoms with Gasteiger partial charge in [-0.15, -0.1) is 0 Å². The third kappa shape index (κ3) is 2.20. The molecule has 88 valence electrons. The molecule has 2 aromatic rings. The van der Waals surface area contributed by atoms with Crippen molar-refractivity contribution in [1.29, 1.82) is 0 Å². The highest BCUT2D eigenvalue weighted by atomic mass is 16.4. The molecule has 0 fully saturated rings. The molecule has 1 aromatic heterocycles. The van der Waals surface area contributed by atoms with Crippen molar-refractivity contribution in [2.24, 2.45) is 12.0 Å². The summed E-state index contributed by atoms with van der Waals surface area (Å²) in [6.07, 6.45) is 0. The van der Waals surface area contributed by atoms with Crippen LogP contribution in [0.1, 0.15) is 12.6 Å². The van der Waals surface area contributed by atoms with E-state index in [0.717, 1.165) is 17.0 Å². The summed E-state index contributed by atoms with van der Waals surface area (Å²) >= 11 is 0. The molecule has 1 aromatic carbocycles. The number of rotatable bonds is 1. The monoisotopic (exact) mass is 230 g/mol. The second kappa shape index (κ2) is 4.41. The minimum atomic E-state index is -0.269. The number of amides is 1. The first-order chi connectivity index (χ1) is 8.09. The Kier molecular flexibility index (Phi) is 2.95. The Morgan fingerprint density at radius 1 is 1.29 bits per heavy atom. The Morgan fingerprint density at radius 3 is 2.53 bits per heavy atom. The van der Waals surface area contributed by atoms with Crippen molar-refractivity contribution in [3.63, 3.8) is 0 Å². The molecule has 4 heteroatoms. The van der Waals surface area contributed by atoms with E-state index in [1.165, 1.54) is 6.92 Å². The molecule has 17 heavy (non-hydrogen) atoms. The molecule has 0 N–H and O–H groups in total. The smallest absolute Gasteiger partial charge is 0.305 e. The van der Waals surface area contributed by atoms with E-state index in [1.807, 2.05) is 44.3 Å². The predicted molar refractivity (Wildman–Crippen MR) is 64.1 cm³/mol. The Labute approximate surface area is 99.2 Å². The number of aromatic nitrogens is 1. The van der Waals surface area contributed by atoms with Crippen molar-refractivity contribution in [3.8, 4) is 11.3 Å². The van der Waals surface area contributed by atoms with Crippen LogP contribution in [0.2, 0.25) is 0 Å². The average molecular weight is 230 g/mol. The summed E-state index contributed by atoms with van der Waals surface area (Å²) in [4.78, 5) is 14.8. The Hall–Kier alpha value is -2.10. The van der Waals surface area contributed by atoms with Gasteiger partial charge in [0.15, 0.2) is 5.76 Å². The lowest BCUT2D eigenvalue weighted by molar-refractivity contribution is -0.116. The highest BCUT2D eigenvalue weighted by Crippen LogP contribution is 2.21. The summed E-state index contributed by atoms with van der Waals surface area (Å²) in [5, 5.41) is 0. The maximum absolute atomic E-state index is 11.0. The van der Waals surface area contributed by atoms with Gasteiger partial charge in [0.1, 0.15) is 0 Å². The zero-order chi connectivity index (χ0) is 12.4. The van der Waals surface area contributed by atoms with Gasteiger partial charge in [0, 0.05) is 19.5 Å². The normalized spacial score (nSPS) is 11.8. The topological polar surface area (TPSA) is 47.5 Å². The van der Waals surface area contributed by atoms with Gasteiger partial charge in [-0.25, -0.2) is 0 Å². The number of benzene rings is 1. The van der Waals surface area contributed by atoms with Crippen molar-refractivity contribution in [2.45, 2.75) is 13.8 Å². The molecule has 4 nitrogen and oxygen atoms in total. The standard InChI is InChI=1S/C13H14N2O2/c1-9-12(11-7-5-4-6-8-11)17-13(15(9)3)14-10(2)16/h4-8H,1-3H3. The minimum Gasteiger partial charge on any atom is -0.423 e. The van der Waals surface area contributed by atoms with Crippen LogP contribution in [0.15, 0.2) is 39.7 Å². The van der Waals surface area contributed by atoms with E-state index in [-0.39, 0.29) is 5.91 Å². The molecule has 0 aliphatic carbocycles. The quantitative estimate of drug-likeness (QED) is 0.752. The van der Waals surface area contributed by atoms with Crippen LogP contribution in [0.3, 0.4) is 0 Å². The SMILES string of the molecule is CC(=O)N=c1oc(-c2ccccc2)c(C)n1C. The molecule has 1 amide bonds. The van der Waals surface area contributed by atoms with Crippen LogP contribution in [0.5, 0.6) is 0 Å². The van der Waals surface area contributed by atoms with Crippen LogP contribution < -0.4 is 5.68 Å². The van der Waals surface area contributed by atoms with Crippen LogP contribution in [-0.2, 0) is 11.8 Å². The second-order valence-corrected chi connectivity index (χ2v) is 3.86. The number of nitrogens with zero attached hydrogens (tertiary/aromatic N) is 2. The summed E-state index contributed by atoms with van der Waals surface area (Å²) in [5.74, 6) is 0.474. The van der Waals surface area contributed by atoms with E-state index in [0.29, 0.717) is 5.68 Å². The second-order valence-electron chi connectivity index (χ2n) is 3.86. The summed E-state index contributed by atoms with van der Waals surface area (Å²) in [6, 6.07) is 9.76. The van der Waals surface area contributed by atoms with E-state index >= 15 is 0 Å². The molecule has 0 saturated carbocycles. The molecule has 0 bridgehead atoms. The number of carbonyl (C=O) groups is 1. The van der Waals surface area contributed by atoms with Crippen molar-refractivity contribution >= 4 is 5.91 Å². The highest BCUT2D eigenvalue weighted by molar-refractivity contribution is 5.73. The zero-order valence-corrected chi connectivity index (χ0v) is 10.1. The molecule has 2 rings (SSSR count). The van der Waals surface area contributed by atoms with E-state index in [9.17, 15) is 4.79 Å². The summed E-state index contributed by atoms with van der Waals surface area (Å²) in [6.45, 7) is 3.34. The number of oxazole rings is 1. The van der Waals surface area contributed by atoms with Crippen molar-refractivity contribution < 1.29 is 9.21 Å². The molecule has 0 unspecified atom stereocenters. The zero-order valence-electron chi connectivity index (χ0n) is 10.1. The van der Waals surface area contributed by atoms with Crippen molar-refractivity contribution in [1.82, 2.24) is 4.57 Å². The molecule has 1 heterocycles. The number of hydrogen-bond donors (Lipinski definition) is 0. The number of hydrogen-bond acceptors (Lipinski definition) is 2. The molecule has 0 atom stereocenters. The lowest BCUT2D eigenvalue weighted by Gasteiger charge is -1.97. The molecule has 0 aliphatic rings. The fourth-order valence-electron chi connectivity index (χ4n) is 1.62. The maximum atomic E-state index is 11.0. The van der Waals surface area contributed by atoms with Gasteiger partial charge in [-0.2, -0.15) is 4.99 Å². The molecular formula is C13H14N2O2. The molecular weight excluding hydrogens is 216 g/mol. The van der Waals surface area contributed by atoms with Crippen LogP contribution in [0, 0.1) is 6.92 Å². The lowest BCUT2D eigenvalue weighted by Crippen LogP contribution is -2.14. The van der Waals surface area contributed by atoms with Gasteiger partial charge in [0.05, 0.1) is 5.69 Å². The van der Waals surface area contributed by atoms with Gasteiger partial charge in [-0.05, 0) is 6.92 Å². The molecule has 0 spiro atoms. The van der Waals surface area contributed by atoms with Gasteiger partial charge in [0.2, 0.25) is 5.91 Å². The van der Waals surface area contributed by atoms with Gasteiger partial charge in [0.25, 0.3) is 0 Å². The van der Waals surface area contributed by atoms with Gasteiger partial charge in [-0.1, -0.05) is 30.3 Å². The molecule has 0 radical (unpaired) electrons. The van der Waals surface area contributed by atoms with Gasteiger partial charge in [-0.3, -0.25) is 9.36 Å². The summed E-state index contributed by atoms with van der Waals surface area (Å²) in [5.41, 5.74) is 2.25. The van der Waals surface area contributed by atoms with E-state index in [1.54, 1.807) is 4.57 Å². The Morgan fingerprint density at radius 2 is 1.94 bits per heavy atom. The summed E-state index contributed by atoms with van der Waals surface area (Å²) in [7, 11) is 1.83. The first-order valence-corrected chi connectivity index (χ1v) is 5.36. The first kappa shape index (κ1) is 11.4. The van der Waals surface area contributed by atoms with Crippen LogP contribution in [0.25, 0.3) is 11.3 Å². The number of carbonyl (C=O) groups excluding carboxylic acids is 1. The fraction of sp³-hybridized carbons (Fsp3) is 0.231. The van der Waals surface area contributed by atoms with Crippen LogP contribution in [-0.4, -0.2) is 10.5 Å². The van der Waals surface area contributed by atoms with Crippen LogP contribution >= 0.6 is 0 Å². The lowest BCUT2D eigenvalue weighted by atomic mass is 10.1. The Bertz CT molecular complexity index is 606. The fourth-order valence-corrected chi connectivity index (χ4v) is 1.62. The van der Waals surface area contributed by atoms with E-state index < -0.39 is 0 Å². The van der Waals surface area contributed by atoms with Gasteiger partial charge >= 0.3 is 5.68 Å². The molecule has 0 aliphatic heterocycles. The predicted octanol–water partition coefficient (Wildman–Crippen LogP) is 2.04. The third-order valence-corrected chi connectivity index (χ3v) is 2.60. The average Bonchev–Trinajstić information content (AvgIpc) is 2.58. The van der Waals surface area contributed by atoms with Crippen molar-refractivity contribution in [2.75, 3.05) is 0 Å². The minimum absolute atomic E-state index is 0.269. The first-order valence-electron chi connectivity index (χ1n) is 5.36.